The third-order valence-electron chi connectivity index (χ3n) is 6.72. The quantitative estimate of drug-likeness (QED) is 0.736. The molecule has 2 nitrogen and oxygen atoms in total. The van der Waals surface area contributed by atoms with Crippen LogP contribution in [0.25, 0.3) is 0 Å². The lowest BCUT2D eigenvalue weighted by Gasteiger charge is -2.53. The monoisotopic (exact) mass is 277 g/mol. The van der Waals surface area contributed by atoms with Crippen LogP contribution in [0.15, 0.2) is 11.6 Å². The summed E-state index contributed by atoms with van der Waals surface area (Å²) < 4.78 is 24.7. The number of fused-ring (bicyclic) bond motifs is 5. The van der Waals surface area contributed by atoms with Crippen molar-refractivity contribution in [2.75, 3.05) is 0 Å². The molecule has 0 heterocycles. The fourth-order valence-electron chi connectivity index (χ4n) is 5.58. The van der Waals surface area contributed by atoms with E-state index >= 15 is 0 Å². The molecule has 0 spiro atoms. The smallest absolute Gasteiger partial charge is 0.155 e. The van der Waals surface area contributed by atoms with Crippen molar-refractivity contribution in [2.45, 2.75) is 64.3 Å². The Balaban J connectivity index is 1.68. The van der Waals surface area contributed by atoms with E-state index in [1.54, 1.807) is 0 Å². The Morgan fingerprint density at radius 2 is 2.15 bits per heavy atom. The molecule has 3 fully saturated rings. The fraction of sp³-hybridized carbons (Fsp3) is 0.833. The van der Waals surface area contributed by atoms with Crippen molar-refractivity contribution < 1.29 is 14.0 Å². The van der Waals surface area contributed by atoms with Crippen LogP contribution in [0.5, 0.6) is 0 Å². The number of rotatable bonds is 0. The first-order valence-corrected chi connectivity index (χ1v) is 8.13. The number of hydrogen-bond donors (Lipinski definition) is 1. The molecule has 0 aromatic rings. The summed E-state index contributed by atoms with van der Waals surface area (Å²) in [6, 6.07) is 0. The molecule has 20 heavy (non-hydrogen) atoms. The molecule has 0 unspecified atom stereocenters. The van der Waals surface area contributed by atoms with E-state index in [2.05, 4.69) is 0 Å². The van der Waals surface area contributed by atoms with E-state index in [0.29, 0.717) is 30.6 Å². The van der Waals surface area contributed by atoms with Crippen LogP contribution >= 0.6 is 0 Å². The first-order chi connectivity index (χ1) is 10.7. The summed E-state index contributed by atoms with van der Waals surface area (Å²) in [6.45, 7) is 1.93. The minimum Gasteiger partial charge on any atom is -0.393 e. The molecule has 6 atom stereocenters. The molecule has 0 amide bonds. The van der Waals surface area contributed by atoms with Crippen LogP contribution in [0, 0.1) is 29.1 Å². The molecule has 0 saturated heterocycles. The van der Waals surface area contributed by atoms with E-state index in [9.17, 15) is 9.90 Å². The Labute approximate surface area is 125 Å². The second kappa shape index (κ2) is 4.43. The fourth-order valence-corrected chi connectivity index (χ4v) is 5.58. The van der Waals surface area contributed by atoms with E-state index in [4.69, 9.17) is 4.11 Å². The third-order valence-corrected chi connectivity index (χ3v) is 6.72. The van der Waals surface area contributed by atoms with Crippen molar-refractivity contribution in [1.29, 1.82) is 0 Å². The van der Waals surface area contributed by atoms with Crippen molar-refractivity contribution in [1.82, 2.24) is 0 Å². The second-order valence-electron chi connectivity index (χ2n) is 7.49. The van der Waals surface area contributed by atoms with Crippen LogP contribution in [-0.4, -0.2) is 17.0 Å². The average Bonchev–Trinajstić information content (AvgIpc) is 2.62. The molecule has 4 aliphatic rings. The van der Waals surface area contributed by atoms with Crippen molar-refractivity contribution in [2.24, 2.45) is 29.1 Å². The summed E-state index contributed by atoms with van der Waals surface area (Å²) >= 11 is 0. The minimum absolute atomic E-state index is 0.0814. The molecule has 0 aromatic heterocycles. The predicted octanol–water partition coefficient (Wildman–Crippen LogP) is 3.49. The highest BCUT2D eigenvalue weighted by molar-refractivity contribution is 5.91. The summed E-state index contributed by atoms with van der Waals surface area (Å²) in [5.41, 5.74) is 0.664. The Bertz CT molecular complexity index is 583. The third kappa shape index (κ3) is 1.70. The molecular formula is C18H26O2. The van der Waals surface area contributed by atoms with Crippen molar-refractivity contribution >= 4 is 5.78 Å². The largest absolute Gasteiger partial charge is 0.393 e. The number of carbonyl (C=O) groups excluding carboxylic acids is 1. The lowest BCUT2D eigenvalue weighted by molar-refractivity contribution is -0.116. The molecule has 0 radical (unpaired) electrons. The van der Waals surface area contributed by atoms with Gasteiger partial charge in [-0.3, -0.25) is 4.79 Å². The van der Waals surface area contributed by atoms with Gasteiger partial charge in [0.25, 0.3) is 0 Å². The number of ketones is 1. The number of hydrogen-bond acceptors (Lipinski definition) is 2. The molecule has 0 aromatic carbocycles. The minimum atomic E-state index is -1.99. The van der Waals surface area contributed by atoms with E-state index < -0.39 is 17.9 Å². The van der Waals surface area contributed by atoms with Gasteiger partial charge in [-0.1, -0.05) is 12.5 Å². The van der Waals surface area contributed by atoms with E-state index in [1.165, 1.54) is 5.57 Å². The molecule has 2 heteroatoms. The first-order valence-electron chi connectivity index (χ1n) is 9.63. The topological polar surface area (TPSA) is 37.3 Å². The summed E-state index contributed by atoms with van der Waals surface area (Å²) in [6.07, 6.45) is 3.50. The Morgan fingerprint density at radius 3 is 3.00 bits per heavy atom. The predicted molar refractivity (Wildman–Crippen MR) is 78.1 cm³/mol. The highest BCUT2D eigenvalue weighted by Gasteiger charge is 2.55. The van der Waals surface area contributed by atoms with Crippen LogP contribution < -0.4 is 0 Å². The molecule has 110 valence electrons. The van der Waals surface area contributed by atoms with Gasteiger partial charge in [-0.15, -0.1) is 0 Å². The highest BCUT2D eigenvalue weighted by atomic mass is 16.3. The van der Waals surface area contributed by atoms with Crippen molar-refractivity contribution in [3.63, 3.8) is 0 Å². The van der Waals surface area contributed by atoms with E-state index in [0.717, 1.165) is 32.1 Å². The maximum atomic E-state index is 11.7. The molecule has 1 N–H and O–H groups in total. The van der Waals surface area contributed by atoms with Crippen molar-refractivity contribution in [3.8, 4) is 0 Å². The molecule has 4 rings (SSSR count). The van der Waals surface area contributed by atoms with Gasteiger partial charge < -0.3 is 5.11 Å². The summed E-state index contributed by atoms with van der Waals surface area (Å²) in [5, 5.41) is 10.7. The first kappa shape index (κ1) is 10.2. The van der Waals surface area contributed by atoms with Crippen LogP contribution in [0.1, 0.15) is 62.4 Å². The standard InChI is InChI=1S/C18H26O2/c1-18-9-8-14-13-5-3-12(19)10-11(13)2-4-15(14)16(18)6-7-17(18)20/h10,13-17,20H,2-9H2,1H3/t13-,14+,15+,16-,17-,18-/m1/s1/i7D2,17D. The zero-order chi connectivity index (χ0) is 16.6. The maximum absolute atomic E-state index is 11.7. The van der Waals surface area contributed by atoms with Gasteiger partial charge in [0.05, 0.1) is 7.45 Å². The van der Waals surface area contributed by atoms with Gasteiger partial charge in [0.15, 0.2) is 5.78 Å². The van der Waals surface area contributed by atoms with E-state index in [1.807, 2.05) is 13.0 Å². The lowest BCUT2D eigenvalue weighted by Crippen LogP contribution is -2.47. The van der Waals surface area contributed by atoms with Crippen LogP contribution in [0.4, 0.5) is 0 Å². The Morgan fingerprint density at radius 1 is 1.30 bits per heavy atom. The van der Waals surface area contributed by atoms with Gasteiger partial charge in [-0.25, -0.2) is 0 Å². The maximum Gasteiger partial charge on any atom is 0.155 e. The van der Waals surface area contributed by atoms with Crippen LogP contribution in [0.2, 0.25) is 0 Å². The summed E-state index contributed by atoms with van der Waals surface area (Å²) in [7, 11) is 0. The van der Waals surface area contributed by atoms with E-state index in [-0.39, 0.29) is 11.7 Å². The van der Waals surface area contributed by atoms with Gasteiger partial charge in [0.2, 0.25) is 0 Å². The summed E-state index contributed by atoms with van der Waals surface area (Å²) in [5.74, 6) is 1.71. The van der Waals surface area contributed by atoms with Crippen LogP contribution in [0.3, 0.4) is 0 Å². The van der Waals surface area contributed by atoms with Crippen LogP contribution in [-0.2, 0) is 4.79 Å². The van der Waals surface area contributed by atoms with Gasteiger partial charge in [-0.05, 0) is 80.1 Å². The van der Waals surface area contributed by atoms with Gasteiger partial charge in [0, 0.05) is 9.16 Å². The molecule has 4 aliphatic carbocycles. The zero-order valence-corrected chi connectivity index (χ0v) is 12.2. The normalized spacial score (nSPS) is 59.4. The van der Waals surface area contributed by atoms with Gasteiger partial charge in [-0.2, -0.15) is 0 Å². The number of allylic oxidation sites excluding steroid dienone is 1. The summed E-state index contributed by atoms with van der Waals surface area (Å²) in [4.78, 5) is 11.7. The average molecular weight is 277 g/mol. The molecule has 0 aliphatic heterocycles. The highest BCUT2D eigenvalue weighted by Crippen LogP contribution is 2.61. The SMILES string of the molecule is [2H]C1([2H])C[C@@H]2[C@H]3CCC4=CC(=O)CC[C@H]4[C@@H]3CC[C@@]2(C)[C@]1([2H])O. The number of aliphatic hydroxyl groups is 1. The Hall–Kier alpha value is -0.630. The van der Waals surface area contributed by atoms with Gasteiger partial charge >= 0.3 is 0 Å². The molecule has 0 bridgehead atoms. The number of carbonyl (C=O) groups is 1. The zero-order valence-electron chi connectivity index (χ0n) is 15.2. The lowest BCUT2D eigenvalue weighted by atomic mass is 9.52. The molecule has 3 saturated carbocycles. The second-order valence-corrected chi connectivity index (χ2v) is 7.49. The Kier molecular flexibility index (Phi) is 2.25. The van der Waals surface area contributed by atoms with Crippen molar-refractivity contribution in [3.05, 3.63) is 11.6 Å². The molecular weight excluding hydrogens is 248 g/mol. The van der Waals surface area contributed by atoms with Gasteiger partial charge in [0.1, 0.15) is 0 Å².